The number of thioether (sulfide) groups is 1. The first kappa shape index (κ1) is 18.8. The smallest absolute Gasteiger partial charge is 0.239 e. The maximum atomic E-state index is 12.7. The number of nitrogens with zero attached hydrogens (tertiary/aromatic N) is 3. The molecule has 1 aromatic carbocycles. The van der Waals surface area contributed by atoms with Gasteiger partial charge in [-0.15, -0.1) is 11.8 Å². The Labute approximate surface area is 149 Å². The van der Waals surface area contributed by atoms with Gasteiger partial charge in [-0.25, -0.2) is 0 Å². The third kappa shape index (κ3) is 4.74. The Morgan fingerprint density at radius 1 is 1.12 bits per heavy atom. The summed E-state index contributed by atoms with van der Waals surface area (Å²) >= 11 is 1.73. The topological polar surface area (TPSA) is 43.9 Å². The van der Waals surface area contributed by atoms with E-state index in [2.05, 4.69) is 35.4 Å². The zero-order valence-electron chi connectivity index (χ0n) is 15.0. The van der Waals surface area contributed by atoms with Crippen molar-refractivity contribution in [2.45, 2.75) is 31.3 Å². The van der Waals surface area contributed by atoms with Gasteiger partial charge in [-0.2, -0.15) is 0 Å². The molecule has 0 aromatic heterocycles. The molecule has 1 atom stereocenters. The van der Waals surface area contributed by atoms with Gasteiger partial charge in [0.05, 0.1) is 6.04 Å². The van der Waals surface area contributed by atoms with Crippen LogP contribution < -0.4 is 0 Å². The van der Waals surface area contributed by atoms with Crippen molar-refractivity contribution in [2.75, 3.05) is 39.5 Å². The Bertz CT molecular complexity index is 568. The van der Waals surface area contributed by atoms with E-state index in [-0.39, 0.29) is 17.9 Å². The average molecular weight is 350 g/mol. The lowest BCUT2D eigenvalue weighted by Crippen LogP contribution is -2.54. The van der Waals surface area contributed by atoms with Crippen LogP contribution in [0.15, 0.2) is 29.2 Å². The monoisotopic (exact) mass is 349 g/mol. The second-order valence-corrected chi connectivity index (χ2v) is 7.15. The van der Waals surface area contributed by atoms with Crippen molar-refractivity contribution in [3.05, 3.63) is 29.8 Å². The van der Waals surface area contributed by atoms with Gasteiger partial charge in [-0.3, -0.25) is 14.5 Å². The maximum absolute atomic E-state index is 12.7. The molecule has 2 amide bonds. The molecular formula is C18H27N3O2S. The van der Waals surface area contributed by atoms with Crippen LogP contribution in [0.4, 0.5) is 0 Å². The summed E-state index contributed by atoms with van der Waals surface area (Å²) in [6.07, 6.45) is 2.06. The minimum atomic E-state index is -0.172. The van der Waals surface area contributed by atoms with Crippen molar-refractivity contribution in [3.8, 4) is 0 Å². The zero-order chi connectivity index (χ0) is 17.7. The van der Waals surface area contributed by atoms with Gasteiger partial charge in [0.2, 0.25) is 11.8 Å². The highest BCUT2D eigenvalue weighted by atomic mass is 32.2. The van der Waals surface area contributed by atoms with E-state index in [9.17, 15) is 9.59 Å². The van der Waals surface area contributed by atoms with Crippen LogP contribution in [0.1, 0.15) is 19.4 Å². The van der Waals surface area contributed by atoms with Crippen LogP contribution in [0.2, 0.25) is 0 Å². The molecule has 0 aliphatic carbocycles. The first-order valence-corrected chi connectivity index (χ1v) is 9.52. The standard InChI is InChI=1S/C18H27N3O2S/c1-14(18(23)21-11-9-20(10-12-21)15(2)22)19(3)13-16-5-7-17(24-4)8-6-16/h5-8,14H,9-13H2,1-4H3. The number of benzene rings is 1. The second-order valence-electron chi connectivity index (χ2n) is 6.27. The Hall–Kier alpha value is -1.53. The largest absolute Gasteiger partial charge is 0.339 e. The summed E-state index contributed by atoms with van der Waals surface area (Å²) in [5.74, 6) is 0.224. The van der Waals surface area contributed by atoms with Gasteiger partial charge in [-0.05, 0) is 37.9 Å². The van der Waals surface area contributed by atoms with E-state index in [0.717, 1.165) is 6.54 Å². The number of carbonyl (C=O) groups excluding carboxylic acids is 2. The first-order valence-electron chi connectivity index (χ1n) is 8.30. The predicted octanol–water partition coefficient (Wildman–Crippen LogP) is 1.92. The number of carbonyl (C=O) groups is 2. The first-order chi connectivity index (χ1) is 11.4. The molecule has 1 aromatic rings. The highest BCUT2D eigenvalue weighted by Gasteiger charge is 2.27. The molecule has 1 unspecified atom stereocenters. The molecule has 0 N–H and O–H groups in total. The van der Waals surface area contributed by atoms with E-state index in [1.165, 1.54) is 10.5 Å². The van der Waals surface area contributed by atoms with E-state index >= 15 is 0 Å². The van der Waals surface area contributed by atoms with Crippen molar-refractivity contribution in [2.24, 2.45) is 0 Å². The molecule has 132 valence electrons. The fourth-order valence-corrected chi connectivity index (χ4v) is 3.26. The summed E-state index contributed by atoms with van der Waals surface area (Å²) in [4.78, 5) is 31.1. The summed E-state index contributed by atoms with van der Waals surface area (Å²) in [7, 11) is 1.98. The van der Waals surface area contributed by atoms with Crippen molar-refractivity contribution >= 4 is 23.6 Å². The third-order valence-electron chi connectivity index (χ3n) is 4.65. The SMILES string of the molecule is CSc1ccc(CN(C)C(C)C(=O)N2CCN(C(C)=O)CC2)cc1. The minimum absolute atomic E-state index is 0.0842. The summed E-state index contributed by atoms with van der Waals surface area (Å²) in [6, 6.07) is 8.29. The molecule has 24 heavy (non-hydrogen) atoms. The fourth-order valence-electron chi connectivity index (χ4n) is 2.85. The summed E-state index contributed by atoms with van der Waals surface area (Å²) in [6.45, 7) is 6.79. The van der Waals surface area contributed by atoms with Crippen LogP contribution in [0, 0.1) is 0 Å². The van der Waals surface area contributed by atoms with E-state index in [0.29, 0.717) is 26.2 Å². The Balaban J connectivity index is 1.88. The number of likely N-dealkylation sites (N-methyl/N-ethyl adjacent to an activating group) is 1. The average Bonchev–Trinajstić information content (AvgIpc) is 2.61. The molecule has 6 heteroatoms. The lowest BCUT2D eigenvalue weighted by Gasteiger charge is -2.37. The van der Waals surface area contributed by atoms with Crippen LogP contribution in [-0.2, 0) is 16.1 Å². The normalized spacial score (nSPS) is 16.4. The van der Waals surface area contributed by atoms with E-state index < -0.39 is 0 Å². The van der Waals surface area contributed by atoms with Crippen molar-refractivity contribution < 1.29 is 9.59 Å². The lowest BCUT2D eigenvalue weighted by molar-refractivity contribution is -0.141. The molecule has 1 fully saturated rings. The quantitative estimate of drug-likeness (QED) is 0.762. The fraction of sp³-hybridized carbons (Fsp3) is 0.556. The lowest BCUT2D eigenvalue weighted by atomic mass is 10.1. The van der Waals surface area contributed by atoms with Gasteiger partial charge in [0.25, 0.3) is 0 Å². The number of hydrogen-bond donors (Lipinski definition) is 0. The predicted molar refractivity (Wildman–Crippen MR) is 98.0 cm³/mol. The van der Waals surface area contributed by atoms with Crippen LogP contribution in [0.3, 0.4) is 0 Å². The Morgan fingerprint density at radius 3 is 2.17 bits per heavy atom. The van der Waals surface area contributed by atoms with Crippen molar-refractivity contribution in [1.29, 1.82) is 0 Å². The van der Waals surface area contributed by atoms with Gasteiger partial charge >= 0.3 is 0 Å². The van der Waals surface area contributed by atoms with E-state index in [1.54, 1.807) is 23.6 Å². The van der Waals surface area contributed by atoms with Gasteiger partial charge < -0.3 is 9.80 Å². The molecule has 0 bridgehead atoms. The van der Waals surface area contributed by atoms with Gasteiger partial charge in [-0.1, -0.05) is 12.1 Å². The van der Waals surface area contributed by atoms with Gasteiger partial charge in [0.1, 0.15) is 0 Å². The molecular weight excluding hydrogens is 322 g/mol. The van der Waals surface area contributed by atoms with Crippen molar-refractivity contribution in [3.63, 3.8) is 0 Å². The second kappa shape index (κ2) is 8.53. The summed E-state index contributed by atoms with van der Waals surface area (Å²) in [5.41, 5.74) is 1.20. The minimum Gasteiger partial charge on any atom is -0.339 e. The molecule has 0 spiro atoms. The van der Waals surface area contributed by atoms with Crippen LogP contribution >= 0.6 is 11.8 Å². The zero-order valence-corrected chi connectivity index (χ0v) is 15.8. The van der Waals surface area contributed by atoms with E-state index in [4.69, 9.17) is 0 Å². The summed E-state index contributed by atoms with van der Waals surface area (Å²) in [5, 5.41) is 0. The molecule has 1 saturated heterocycles. The molecule has 1 aliphatic rings. The molecule has 0 radical (unpaired) electrons. The molecule has 2 rings (SSSR count). The molecule has 0 saturated carbocycles. The maximum Gasteiger partial charge on any atom is 0.239 e. The molecule has 1 heterocycles. The highest BCUT2D eigenvalue weighted by molar-refractivity contribution is 7.98. The highest BCUT2D eigenvalue weighted by Crippen LogP contribution is 2.16. The van der Waals surface area contributed by atoms with Crippen molar-refractivity contribution in [1.82, 2.24) is 14.7 Å². The van der Waals surface area contributed by atoms with Crippen LogP contribution in [-0.4, -0.2) is 72.0 Å². The molecule has 1 aliphatic heterocycles. The van der Waals surface area contributed by atoms with Crippen LogP contribution in [0.5, 0.6) is 0 Å². The number of amides is 2. The summed E-state index contributed by atoms with van der Waals surface area (Å²) < 4.78 is 0. The van der Waals surface area contributed by atoms with E-state index in [1.807, 2.05) is 18.9 Å². The Kier molecular flexibility index (Phi) is 6.69. The number of piperazine rings is 1. The number of rotatable bonds is 5. The third-order valence-corrected chi connectivity index (χ3v) is 5.39. The van der Waals surface area contributed by atoms with Gasteiger partial charge in [0.15, 0.2) is 0 Å². The number of hydrogen-bond acceptors (Lipinski definition) is 4. The van der Waals surface area contributed by atoms with Crippen LogP contribution in [0.25, 0.3) is 0 Å². The Morgan fingerprint density at radius 2 is 1.67 bits per heavy atom. The molecule has 5 nitrogen and oxygen atoms in total. The van der Waals surface area contributed by atoms with Gasteiger partial charge in [0, 0.05) is 44.5 Å².